The summed E-state index contributed by atoms with van der Waals surface area (Å²) in [6.07, 6.45) is 2.00. The first kappa shape index (κ1) is 23.6. The van der Waals surface area contributed by atoms with E-state index in [9.17, 15) is 13.2 Å². The van der Waals surface area contributed by atoms with Gasteiger partial charge in [0.25, 0.3) is 0 Å². The van der Waals surface area contributed by atoms with Crippen LogP contribution in [0.2, 0.25) is 0 Å². The van der Waals surface area contributed by atoms with Crippen LogP contribution < -0.4 is 4.72 Å². The molecule has 3 rings (SSSR count). The molecule has 0 saturated heterocycles. The van der Waals surface area contributed by atoms with Crippen LogP contribution in [0.5, 0.6) is 0 Å². The van der Waals surface area contributed by atoms with Crippen molar-refractivity contribution in [3.05, 3.63) is 84.4 Å². The number of methoxy groups -OCH3 is 1. The molecular formula is C25H23NO4S2. The van der Waals surface area contributed by atoms with E-state index in [0.29, 0.717) is 0 Å². The molecule has 0 heterocycles. The fraction of sp³-hybridized carbons (Fsp3) is 0.160. The Hall–Kier alpha value is -3.05. The minimum Gasteiger partial charge on any atom is -0.468 e. The van der Waals surface area contributed by atoms with Crippen LogP contribution in [0.3, 0.4) is 0 Å². The van der Waals surface area contributed by atoms with Crippen molar-refractivity contribution >= 4 is 27.8 Å². The Morgan fingerprint density at radius 1 is 0.969 bits per heavy atom. The van der Waals surface area contributed by atoms with Gasteiger partial charge >= 0.3 is 5.97 Å². The molecule has 1 N–H and O–H groups in total. The Balaban J connectivity index is 1.75. The molecule has 0 aliphatic heterocycles. The van der Waals surface area contributed by atoms with E-state index in [1.807, 2.05) is 60.9 Å². The highest BCUT2D eigenvalue weighted by Crippen LogP contribution is 2.24. The molecule has 3 aromatic rings. The summed E-state index contributed by atoms with van der Waals surface area (Å²) >= 11 is 1.66. The lowest BCUT2D eigenvalue weighted by Crippen LogP contribution is -2.41. The Labute approximate surface area is 193 Å². The lowest BCUT2D eigenvalue weighted by Gasteiger charge is -2.14. The van der Waals surface area contributed by atoms with Gasteiger partial charge in [0.15, 0.2) is 0 Å². The third-order valence-corrected chi connectivity index (χ3v) is 6.91. The van der Waals surface area contributed by atoms with Gasteiger partial charge in [-0.1, -0.05) is 54.3 Å². The van der Waals surface area contributed by atoms with E-state index < -0.39 is 22.0 Å². The zero-order valence-electron chi connectivity index (χ0n) is 17.7. The molecule has 5 nitrogen and oxygen atoms in total. The van der Waals surface area contributed by atoms with Crippen LogP contribution in [0, 0.1) is 11.8 Å². The molecule has 1 atom stereocenters. The van der Waals surface area contributed by atoms with E-state index in [2.05, 4.69) is 16.6 Å². The molecule has 0 fully saturated rings. The number of hydrogen-bond acceptors (Lipinski definition) is 5. The molecule has 0 bridgehead atoms. The molecule has 0 spiro atoms. The largest absolute Gasteiger partial charge is 0.468 e. The van der Waals surface area contributed by atoms with Crippen molar-refractivity contribution in [2.45, 2.75) is 22.3 Å². The highest BCUT2D eigenvalue weighted by atomic mass is 32.2. The highest BCUT2D eigenvalue weighted by molar-refractivity contribution is 7.98. The SMILES string of the molecule is COC(=O)C(CC#Cc1ccccc1)NS(=O)(=O)c1ccc(-c2ccc(SC)cc2)cc1. The first-order chi connectivity index (χ1) is 15.4. The van der Waals surface area contributed by atoms with Crippen LogP contribution in [0.1, 0.15) is 12.0 Å². The maximum atomic E-state index is 12.9. The van der Waals surface area contributed by atoms with Crippen LogP contribution in [0.25, 0.3) is 11.1 Å². The third kappa shape index (κ3) is 6.24. The summed E-state index contributed by atoms with van der Waals surface area (Å²) in [7, 11) is -2.73. The summed E-state index contributed by atoms with van der Waals surface area (Å²) in [5.41, 5.74) is 2.67. The van der Waals surface area contributed by atoms with Crippen molar-refractivity contribution < 1.29 is 17.9 Å². The molecule has 0 radical (unpaired) electrons. The lowest BCUT2D eigenvalue weighted by molar-refractivity contribution is -0.142. The molecule has 0 aliphatic rings. The zero-order chi connectivity index (χ0) is 23.0. The molecule has 3 aromatic carbocycles. The van der Waals surface area contributed by atoms with Crippen molar-refractivity contribution in [1.82, 2.24) is 4.72 Å². The van der Waals surface area contributed by atoms with Gasteiger partial charge in [-0.15, -0.1) is 11.8 Å². The molecule has 0 saturated carbocycles. The molecule has 0 aliphatic carbocycles. The number of nitrogens with one attached hydrogen (secondary N) is 1. The highest BCUT2D eigenvalue weighted by Gasteiger charge is 2.25. The number of benzene rings is 3. The van der Waals surface area contributed by atoms with E-state index >= 15 is 0 Å². The standard InChI is InChI=1S/C25H23NO4S2/c1-30-25(27)24(10-6-9-19-7-4-3-5-8-19)26-32(28,29)23-17-13-21(14-18-23)20-11-15-22(31-2)16-12-20/h3-5,7-8,11-18,24,26H,10H2,1-2H3. The second kappa shape index (κ2) is 11.0. The number of esters is 1. The van der Waals surface area contributed by atoms with Crippen molar-refractivity contribution in [2.24, 2.45) is 0 Å². The number of carbonyl (C=O) groups is 1. The summed E-state index contributed by atoms with van der Waals surface area (Å²) in [5.74, 6) is 5.08. The van der Waals surface area contributed by atoms with Gasteiger partial charge in [0.1, 0.15) is 6.04 Å². The monoisotopic (exact) mass is 465 g/mol. The Morgan fingerprint density at radius 3 is 2.12 bits per heavy atom. The average molecular weight is 466 g/mol. The van der Waals surface area contributed by atoms with Gasteiger partial charge in [-0.2, -0.15) is 4.72 Å². The summed E-state index contributed by atoms with van der Waals surface area (Å²) < 4.78 is 32.9. The fourth-order valence-electron chi connectivity index (χ4n) is 2.96. The molecule has 1 unspecified atom stereocenters. The maximum Gasteiger partial charge on any atom is 0.324 e. The van der Waals surface area contributed by atoms with Crippen molar-refractivity contribution in [2.75, 3.05) is 13.4 Å². The van der Waals surface area contributed by atoms with Crippen LogP contribution in [0.4, 0.5) is 0 Å². The smallest absolute Gasteiger partial charge is 0.324 e. The van der Waals surface area contributed by atoms with E-state index in [1.165, 1.54) is 19.2 Å². The molecule has 164 valence electrons. The van der Waals surface area contributed by atoms with Gasteiger partial charge in [0.05, 0.1) is 12.0 Å². The van der Waals surface area contributed by atoms with Crippen LogP contribution >= 0.6 is 11.8 Å². The first-order valence-electron chi connectivity index (χ1n) is 9.81. The van der Waals surface area contributed by atoms with Gasteiger partial charge in [-0.05, 0) is 53.8 Å². The van der Waals surface area contributed by atoms with Gasteiger partial charge < -0.3 is 4.74 Å². The van der Waals surface area contributed by atoms with Gasteiger partial charge in [-0.3, -0.25) is 4.79 Å². The van der Waals surface area contributed by atoms with Crippen LogP contribution in [-0.4, -0.2) is 33.8 Å². The predicted octanol–water partition coefficient (Wildman–Crippen LogP) is 4.34. The predicted molar refractivity (Wildman–Crippen MR) is 128 cm³/mol. The van der Waals surface area contributed by atoms with Crippen molar-refractivity contribution in [3.8, 4) is 23.0 Å². The molecular weight excluding hydrogens is 442 g/mol. The second-order valence-electron chi connectivity index (χ2n) is 6.82. The number of sulfonamides is 1. The van der Waals surface area contributed by atoms with Gasteiger partial charge in [0, 0.05) is 16.9 Å². The molecule has 0 amide bonds. The number of rotatable bonds is 7. The van der Waals surface area contributed by atoms with Crippen LogP contribution in [-0.2, 0) is 19.6 Å². The number of thioether (sulfide) groups is 1. The Morgan fingerprint density at radius 2 is 1.56 bits per heavy atom. The average Bonchev–Trinajstić information content (AvgIpc) is 2.83. The van der Waals surface area contributed by atoms with E-state index in [-0.39, 0.29) is 11.3 Å². The van der Waals surface area contributed by atoms with Gasteiger partial charge in [-0.25, -0.2) is 8.42 Å². The summed E-state index contributed by atoms with van der Waals surface area (Å²) in [6, 6.07) is 22.7. The number of carbonyl (C=O) groups excluding carboxylic acids is 1. The van der Waals surface area contributed by atoms with E-state index in [0.717, 1.165) is 21.6 Å². The van der Waals surface area contributed by atoms with Crippen LogP contribution in [0.15, 0.2) is 88.7 Å². The van der Waals surface area contributed by atoms with Gasteiger partial charge in [0.2, 0.25) is 10.0 Å². The summed E-state index contributed by atoms with van der Waals surface area (Å²) in [5, 5.41) is 0. The third-order valence-electron chi connectivity index (χ3n) is 4.68. The van der Waals surface area contributed by atoms with Crippen molar-refractivity contribution in [1.29, 1.82) is 0 Å². The first-order valence-corrected chi connectivity index (χ1v) is 12.5. The topological polar surface area (TPSA) is 72.5 Å². The molecule has 32 heavy (non-hydrogen) atoms. The Kier molecular flexibility index (Phi) is 8.12. The maximum absolute atomic E-state index is 12.9. The normalized spacial score (nSPS) is 11.8. The van der Waals surface area contributed by atoms with E-state index in [1.54, 1.807) is 23.9 Å². The molecule has 7 heteroatoms. The quantitative estimate of drug-likeness (QED) is 0.319. The van der Waals surface area contributed by atoms with E-state index in [4.69, 9.17) is 4.74 Å². The summed E-state index contributed by atoms with van der Waals surface area (Å²) in [4.78, 5) is 13.4. The van der Waals surface area contributed by atoms with Crippen molar-refractivity contribution in [3.63, 3.8) is 0 Å². The summed E-state index contributed by atoms with van der Waals surface area (Å²) in [6.45, 7) is 0. The zero-order valence-corrected chi connectivity index (χ0v) is 19.4. The Bertz CT molecular complexity index is 1210. The number of hydrogen-bond donors (Lipinski definition) is 1. The minimum atomic E-state index is -3.94. The fourth-order valence-corrected chi connectivity index (χ4v) is 4.55. The molecule has 0 aromatic heterocycles. The minimum absolute atomic E-state index is 0.0132. The second-order valence-corrected chi connectivity index (χ2v) is 9.42. The lowest BCUT2D eigenvalue weighted by atomic mass is 10.1. The number of ether oxygens (including phenoxy) is 1.